The molecule has 0 aliphatic heterocycles. The van der Waals surface area contributed by atoms with E-state index >= 15 is 0 Å². The van der Waals surface area contributed by atoms with Gasteiger partial charge in [-0.1, -0.05) is 19.8 Å². The largest absolute Gasteiger partial charge is 0.325 e. The van der Waals surface area contributed by atoms with E-state index in [1.807, 2.05) is 0 Å². The molecule has 0 saturated heterocycles. The molecule has 2 aliphatic carbocycles. The number of nitrogens with two attached hydrogens (primary N) is 1. The zero-order valence-corrected chi connectivity index (χ0v) is 7.47. The monoisotopic (exact) mass is 153 g/mol. The van der Waals surface area contributed by atoms with Crippen molar-refractivity contribution in [2.75, 3.05) is 0 Å². The van der Waals surface area contributed by atoms with Gasteiger partial charge in [0.15, 0.2) is 0 Å². The van der Waals surface area contributed by atoms with Crippen LogP contribution in [0.3, 0.4) is 0 Å². The van der Waals surface area contributed by atoms with Gasteiger partial charge in [-0.3, -0.25) is 0 Å². The Bertz CT molecular complexity index is 143. The highest BCUT2D eigenvalue weighted by molar-refractivity contribution is 4.99. The lowest BCUT2D eigenvalue weighted by Gasteiger charge is -2.31. The van der Waals surface area contributed by atoms with Gasteiger partial charge in [-0.05, 0) is 37.5 Å². The van der Waals surface area contributed by atoms with Crippen molar-refractivity contribution < 1.29 is 0 Å². The fraction of sp³-hybridized carbons (Fsp3) is 1.00. The standard InChI is InChI=1S/C10H19N/c1-8(9-4-5-9)10(11)6-2-3-7-10/h8-9H,2-7,11H2,1H3. The first kappa shape index (κ1) is 7.60. The Labute approximate surface area is 69.4 Å². The number of hydrogen-bond donors (Lipinski definition) is 1. The van der Waals surface area contributed by atoms with E-state index in [1.54, 1.807) is 0 Å². The molecule has 2 fully saturated rings. The van der Waals surface area contributed by atoms with Gasteiger partial charge in [0.25, 0.3) is 0 Å². The maximum absolute atomic E-state index is 6.34. The second kappa shape index (κ2) is 2.48. The van der Waals surface area contributed by atoms with E-state index in [4.69, 9.17) is 5.73 Å². The smallest absolute Gasteiger partial charge is 0.0182 e. The lowest BCUT2D eigenvalue weighted by Crippen LogP contribution is -2.44. The molecule has 0 heterocycles. The van der Waals surface area contributed by atoms with Crippen LogP contribution >= 0.6 is 0 Å². The average Bonchev–Trinajstić information content (AvgIpc) is 2.74. The summed E-state index contributed by atoms with van der Waals surface area (Å²) in [6, 6.07) is 0. The van der Waals surface area contributed by atoms with Crippen molar-refractivity contribution in [3.05, 3.63) is 0 Å². The Hall–Kier alpha value is -0.0400. The first-order chi connectivity index (χ1) is 5.22. The molecule has 1 atom stereocenters. The van der Waals surface area contributed by atoms with Gasteiger partial charge in [0.05, 0.1) is 0 Å². The molecule has 0 amide bonds. The van der Waals surface area contributed by atoms with E-state index < -0.39 is 0 Å². The normalized spacial score (nSPS) is 32.2. The summed E-state index contributed by atoms with van der Waals surface area (Å²) in [5.74, 6) is 1.78. The summed E-state index contributed by atoms with van der Waals surface area (Å²) in [7, 11) is 0. The summed E-state index contributed by atoms with van der Waals surface area (Å²) < 4.78 is 0. The van der Waals surface area contributed by atoms with Crippen molar-refractivity contribution in [2.45, 2.75) is 51.0 Å². The second-order valence-electron chi connectivity index (χ2n) is 4.57. The van der Waals surface area contributed by atoms with Crippen molar-refractivity contribution in [3.63, 3.8) is 0 Å². The van der Waals surface area contributed by atoms with Crippen molar-refractivity contribution in [1.82, 2.24) is 0 Å². The molecule has 0 aromatic rings. The number of hydrogen-bond acceptors (Lipinski definition) is 1. The third-order valence-electron chi connectivity index (χ3n) is 3.77. The van der Waals surface area contributed by atoms with Crippen LogP contribution in [0, 0.1) is 11.8 Å². The van der Waals surface area contributed by atoms with Crippen LogP contribution in [0.4, 0.5) is 0 Å². The summed E-state index contributed by atoms with van der Waals surface area (Å²) in [6.45, 7) is 2.36. The highest BCUT2D eigenvalue weighted by Gasteiger charge is 2.42. The van der Waals surface area contributed by atoms with Crippen molar-refractivity contribution >= 4 is 0 Å². The fourth-order valence-electron chi connectivity index (χ4n) is 2.55. The third-order valence-corrected chi connectivity index (χ3v) is 3.77. The molecule has 0 radical (unpaired) electrons. The summed E-state index contributed by atoms with van der Waals surface area (Å²) in [5.41, 5.74) is 6.58. The molecule has 0 spiro atoms. The first-order valence-electron chi connectivity index (χ1n) is 5.01. The zero-order chi connectivity index (χ0) is 7.90. The van der Waals surface area contributed by atoms with Crippen LogP contribution in [0.5, 0.6) is 0 Å². The Kier molecular flexibility index (Phi) is 1.71. The minimum atomic E-state index is 0.237. The number of rotatable bonds is 2. The van der Waals surface area contributed by atoms with Gasteiger partial charge in [0, 0.05) is 5.54 Å². The van der Waals surface area contributed by atoms with Crippen LogP contribution in [0.25, 0.3) is 0 Å². The summed E-state index contributed by atoms with van der Waals surface area (Å²) in [4.78, 5) is 0. The molecule has 2 N–H and O–H groups in total. The van der Waals surface area contributed by atoms with Crippen LogP contribution in [0.15, 0.2) is 0 Å². The van der Waals surface area contributed by atoms with Crippen LogP contribution in [-0.2, 0) is 0 Å². The van der Waals surface area contributed by atoms with E-state index in [0.717, 1.165) is 11.8 Å². The highest BCUT2D eigenvalue weighted by Crippen LogP contribution is 2.46. The van der Waals surface area contributed by atoms with Crippen LogP contribution < -0.4 is 5.73 Å². The Morgan fingerprint density at radius 1 is 1.27 bits per heavy atom. The second-order valence-corrected chi connectivity index (χ2v) is 4.57. The van der Waals surface area contributed by atoms with E-state index in [9.17, 15) is 0 Å². The molecule has 11 heavy (non-hydrogen) atoms. The van der Waals surface area contributed by atoms with E-state index in [0.29, 0.717) is 0 Å². The highest BCUT2D eigenvalue weighted by atomic mass is 14.8. The minimum Gasteiger partial charge on any atom is -0.325 e. The fourth-order valence-corrected chi connectivity index (χ4v) is 2.55. The predicted octanol–water partition coefficient (Wildman–Crippen LogP) is 2.30. The molecule has 1 heteroatoms. The van der Waals surface area contributed by atoms with Gasteiger partial charge in [0.1, 0.15) is 0 Å². The Morgan fingerprint density at radius 2 is 1.82 bits per heavy atom. The maximum atomic E-state index is 6.34. The molecule has 2 rings (SSSR count). The van der Waals surface area contributed by atoms with Crippen molar-refractivity contribution in [2.24, 2.45) is 17.6 Å². The molecule has 64 valence electrons. The average molecular weight is 153 g/mol. The molecule has 0 bridgehead atoms. The minimum absolute atomic E-state index is 0.237. The summed E-state index contributed by atoms with van der Waals surface area (Å²) in [5, 5.41) is 0. The molecule has 2 aliphatic rings. The molecule has 2 saturated carbocycles. The predicted molar refractivity (Wildman–Crippen MR) is 47.3 cm³/mol. The molecule has 1 nitrogen and oxygen atoms in total. The maximum Gasteiger partial charge on any atom is 0.0182 e. The van der Waals surface area contributed by atoms with Crippen molar-refractivity contribution in [1.29, 1.82) is 0 Å². The van der Waals surface area contributed by atoms with E-state index in [1.165, 1.54) is 38.5 Å². The van der Waals surface area contributed by atoms with Crippen LogP contribution in [0.1, 0.15) is 45.4 Å². The van der Waals surface area contributed by atoms with E-state index in [-0.39, 0.29) is 5.54 Å². The van der Waals surface area contributed by atoms with Gasteiger partial charge in [-0.15, -0.1) is 0 Å². The Balaban J connectivity index is 1.99. The lowest BCUT2D eigenvalue weighted by atomic mass is 9.81. The van der Waals surface area contributed by atoms with Gasteiger partial charge in [-0.25, -0.2) is 0 Å². The van der Waals surface area contributed by atoms with Crippen molar-refractivity contribution in [3.8, 4) is 0 Å². The molecule has 0 aromatic carbocycles. The van der Waals surface area contributed by atoms with Gasteiger partial charge in [0.2, 0.25) is 0 Å². The summed E-state index contributed by atoms with van der Waals surface area (Å²) in [6.07, 6.45) is 8.19. The zero-order valence-electron chi connectivity index (χ0n) is 7.47. The SMILES string of the molecule is CC(C1CC1)C1(N)CCCC1. The quantitative estimate of drug-likeness (QED) is 0.647. The van der Waals surface area contributed by atoms with Gasteiger partial charge in [-0.2, -0.15) is 0 Å². The topological polar surface area (TPSA) is 26.0 Å². The lowest BCUT2D eigenvalue weighted by molar-refractivity contribution is 0.266. The third kappa shape index (κ3) is 1.31. The Morgan fingerprint density at radius 3 is 2.27 bits per heavy atom. The molecule has 0 aromatic heterocycles. The van der Waals surface area contributed by atoms with Crippen LogP contribution in [-0.4, -0.2) is 5.54 Å². The van der Waals surface area contributed by atoms with Gasteiger partial charge >= 0.3 is 0 Å². The van der Waals surface area contributed by atoms with E-state index in [2.05, 4.69) is 6.92 Å². The van der Waals surface area contributed by atoms with Gasteiger partial charge < -0.3 is 5.73 Å². The summed E-state index contributed by atoms with van der Waals surface area (Å²) >= 11 is 0. The molecular formula is C10H19N. The molecule has 1 unspecified atom stereocenters. The van der Waals surface area contributed by atoms with Crippen LogP contribution in [0.2, 0.25) is 0 Å². The molecular weight excluding hydrogens is 134 g/mol. The first-order valence-corrected chi connectivity index (χ1v) is 5.01.